The highest BCUT2D eigenvalue weighted by molar-refractivity contribution is 4.87. The lowest BCUT2D eigenvalue weighted by atomic mass is 9.82. The van der Waals surface area contributed by atoms with Crippen LogP contribution in [0.4, 0.5) is 0 Å². The predicted molar refractivity (Wildman–Crippen MR) is 60.1 cm³/mol. The van der Waals surface area contributed by atoms with E-state index in [-0.39, 0.29) is 0 Å². The lowest BCUT2D eigenvalue weighted by molar-refractivity contribution is 0.278. The van der Waals surface area contributed by atoms with Gasteiger partial charge in [0.2, 0.25) is 0 Å². The lowest BCUT2D eigenvalue weighted by Gasteiger charge is -2.23. The van der Waals surface area contributed by atoms with Gasteiger partial charge in [-0.3, -0.25) is 0 Å². The Morgan fingerprint density at radius 1 is 1.21 bits per heavy atom. The van der Waals surface area contributed by atoms with Crippen molar-refractivity contribution in [2.24, 2.45) is 23.5 Å². The summed E-state index contributed by atoms with van der Waals surface area (Å²) in [5, 5.41) is 0. The fourth-order valence-corrected chi connectivity index (χ4v) is 3.17. The molecule has 1 saturated heterocycles. The summed E-state index contributed by atoms with van der Waals surface area (Å²) >= 11 is 0. The number of rotatable bonds is 3. The maximum absolute atomic E-state index is 5.67. The van der Waals surface area contributed by atoms with Crippen molar-refractivity contribution in [2.75, 3.05) is 26.2 Å². The van der Waals surface area contributed by atoms with Gasteiger partial charge in [-0.25, -0.2) is 0 Å². The second-order valence-corrected chi connectivity index (χ2v) is 5.36. The maximum Gasteiger partial charge on any atom is 0.00193 e. The molecule has 2 heteroatoms. The molecule has 0 amide bonds. The SMILES string of the molecule is CC(CN)CN1C[C@H]2CCCC[C@H]2C1. The summed E-state index contributed by atoms with van der Waals surface area (Å²) < 4.78 is 0. The Morgan fingerprint density at radius 3 is 2.29 bits per heavy atom. The minimum Gasteiger partial charge on any atom is -0.330 e. The fourth-order valence-electron chi connectivity index (χ4n) is 3.17. The van der Waals surface area contributed by atoms with Crippen molar-refractivity contribution in [3.8, 4) is 0 Å². The minimum atomic E-state index is 0.676. The molecule has 1 aliphatic heterocycles. The largest absolute Gasteiger partial charge is 0.330 e. The Hall–Kier alpha value is -0.0800. The Bertz CT molecular complexity index is 167. The molecule has 0 aromatic rings. The molecule has 2 fully saturated rings. The molecule has 3 atom stereocenters. The first-order valence-corrected chi connectivity index (χ1v) is 6.22. The molecule has 0 bridgehead atoms. The normalized spacial score (nSPS) is 35.6. The van der Waals surface area contributed by atoms with Crippen LogP contribution in [-0.2, 0) is 0 Å². The minimum absolute atomic E-state index is 0.676. The molecule has 0 aromatic carbocycles. The molecule has 2 aliphatic rings. The van der Waals surface area contributed by atoms with Crippen molar-refractivity contribution < 1.29 is 0 Å². The monoisotopic (exact) mass is 196 g/mol. The van der Waals surface area contributed by atoms with E-state index < -0.39 is 0 Å². The highest BCUT2D eigenvalue weighted by atomic mass is 15.2. The van der Waals surface area contributed by atoms with Gasteiger partial charge in [0.1, 0.15) is 0 Å². The summed E-state index contributed by atoms with van der Waals surface area (Å²) in [5.41, 5.74) is 5.67. The van der Waals surface area contributed by atoms with Crippen LogP contribution in [0.5, 0.6) is 0 Å². The van der Waals surface area contributed by atoms with Gasteiger partial charge in [-0.15, -0.1) is 0 Å². The van der Waals surface area contributed by atoms with Gasteiger partial charge >= 0.3 is 0 Å². The predicted octanol–water partition coefficient (Wildman–Crippen LogP) is 1.70. The summed E-state index contributed by atoms with van der Waals surface area (Å²) in [5.74, 6) is 2.72. The molecule has 0 radical (unpaired) electrons. The third-order valence-corrected chi connectivity index (χ3v) is 4.02. The van der Waals surface area contributed by atoms with Gasteiger partial charge in [0.15, 0.2) is 0 Å². The fraction of sp³-hybridized carbons (Fsp3) is 1.00. The summed E-state index contributed by atoms with van der Waals surface area (Å²) in [6.45, 7) is 7.04. The second kappa shape index (κ2) is 4.63. The standard InChI is InChI=1S/C12H24N2/c1-10(6-13)7-14-8-11-4-2-3-5-12(11)9-14/h10-12H,2-9,13H2,1H3/t10?,11-,12+. The van der Waals surface area contributed by atoms with Gasteiger partial charge in [-0.05, 0) is 37.1 Å². The van der Waals surface area contributed by atoms with E-state index >= 15 is 0 Å². The molecular formula is C12H24N2. The van der Waals surface area contributed by atoms with Crippen molar-refractivity contribution in [2.45, 2.75) is 32.6 Å². The number of nitrogens with zero attached hydrogens (tertiary/aromatic N) is 1. The maximum atomic E-state index is 5.67. The van der Waals surface area contributed by atoms with Crippen LogP contribution < -0.4 is 5.73 Å². The molecule has 0 spiro atoms. The molecule has 1 saturated carbocycles. The van der Waals surface area contributed by atoms with Gasteiger partial charge in [0, 0.05) is 19.6 Å². The number of hydrogen-bond donors (Lipinski definition) is 1. The summed E-state index contributed by atoms with van der Waals surface area (Å²) in [7, 11) is 0. The molecular weight excluding hydrogens is 172 g/mol. The van der Waals surface area contributed by atoms with Crippen molar-refractivity contribution in [3.63, 3.8) is 0 Å². The third-order valence-electron chi connectivity index (χ3n) is 4.02. The molecule has 1 aliphatic carbocycles. The summed E-state index contributed by atoms with van der Waals surface area (Å²) in [6, 6.07) is 0. The molecule has 1 unspecified atom stereocenters. The van der Waals surface area contributed by atoms with Crippen molar-refractivity contribution in [3.05, 3.63) is 0 Å². The number of nitrogens with two attached hydrogens (primary N) is 1. The molecule has 2 N–H and O–H groups in total. The second-order valence-electron chi connectivity index (χ2n) is 5.36. The van der Waals surface area contributed by atoms with E-state index in [9.17, 15) is 0 Å². The van der Waals surface area contributed by atoms with E-state index in [1.54, 1.807) is 0 Å². The van der Waals surface area contributed by atoms with Crippen molar-refractivity contribution in [1.29, 1.82) is 0 Å². The van der Waals surface area contributed by atoms with Crippen LogP contribution in [0.3, 0.4) is 0 Å². The van der Waals surface area contributed by atoms with E-state index in [4.69, 9.17) is 5.73 Å². The zero-order chi connectivity index (χ0) is 9.97. The molecule has 2 rings (SSSR count). The molecule has 0 aromatic heterocycles. The van der Waals surface area contributed by atoms with Crippen LogP contribution in [-0.4, -0.2) is 31.1 Å². The van der Waals surface area contributed by atoms with Gasteiger partial charge in [-0.2, -0.15) is 0 Å². The number of fused-ring (bicyclic) bond motifs is 1. The molecule has 14 heavy (non-hydrogen) atoms. The Balaban J connectivity index is 1.80. The number of likely N-dealkylation sites (tertiary alicyclic amines) is 1. The van der Waals surface area contributed by atoms with E-state index in [0.29, 0.717) is 5.92 Å². The Labute approximate surface area is 87.8 Å². The molecule has 1 heterocycles. The van der Waals surface area contributed by atoms with Gasteiger partial charge in [-0.1, -0.05) is 19.8 Å². The van der Waals surface area contributed by atoms with Crippen LogP contribution >= 0.6 is 0 Å². The Kier molecular flexibility index (Phi) is 3.45. The van der Waals surface area contributed by atoms with Crippen LogP contribution in [0.1, 0.15) is 32.6 Å². The molecule has 2 nitrogen and oxygen atoms in total. The van der Waals surface area contributed by atoms with Gasteiger partial charge < -0.3 is 10.6 Å². The summed E-state index contributed by atoms with van der Waals surface area (Å²) in [4.78, 5) is 2.65. The van der Waals surface area contributed by atoms with Gasteiger partial charge in [0.05, 0.1) is 0 Å². The zero-order valence-electron chi connectivity index (χ0n) is 9.41. The van der Waals surface area contributed by atoms with Crippen LogP contribution in [0.25, 0.3) is 0 Å². The third kappa shape index (κ3) is 2.29. The van der Waals surface area contributed by atoms with Crippen LogP contribution in [0.2, 0.25) is 0 Å². The van der Waals surface area contributed by atoms with E-state index in [0.717, 1.165) is 18.4 Å². The first-order valence-electron chi connectivity index (χ1n) is 6.22. The highest BCUT2D eigenvalue weighted by Crippen LogP contribution is 2.36. The zero-order valence-corrected chi connectivity index (χ0v) is 9.41. The first-order chi connectivity index (χ1) is 6.79. The topological polar surface area (TPSA) is 29.3 Å². The van der Waals surface area contributed by atoms with Crippen LogP contribution in [0, 0.1) is 17.8 Å². The average Bonchev–Trinajstić information content (AvgIpc) is 2.59. The quantitative estimate of drug-likeness (QED) is 0.744. The first kappa shape index (κ1) is 10.4. The Morgan fingerprint density at radius 2 is 1.79 bits per heavy atom. The average molecular weight is 196 g/mol. The highest BCUT2D eigenvalue weighted by Gasteiger charge is 2.34. The van der Waals surface area contributed by atoms with Crippen LogP contribution in [0.15, 0.2) is 0 Å². The van der Waals surface area contributed by atoms with E-state index in [1.165, 1.54) is 45.3 Å². The van der Waals surface area contributed by atoms with Gasteiger partial charge in [0.25, 0.3) is 0 Å². The smallest absolute Gasteiger partial charge is 0.00193 e. The summed E-state index contributed by atoms with van der Waals surface area (Å²) in [6.07, 6.45) is 5.92. The van der Waals surface area contributed by atoms with Crippen molar-refractivity contribution in [1.82, 2.24) is 4.90 Å². The van der Waals surface area contributed by atoms with E-state index in [1.807, 2.05) is 0 Å². The van der Waals surface area contributed by atoms with Crippen molar-refractivity contribution >= 4 is 0 Å². The molecule has 82 valence electrons. The lowest BCUT2D eigenvalue weighted by Crippen LogP contribution is -2.30. The van der Waals surface area contributed by atoms with E-state index in [2.05, 4.69) is 11.8 Å². The number of hydrogen-bond acceptors (Lipinski definition) is 2.